The molecule has 0 spiro atoms. The molecule has 0 aliphatic heterocycles. The highest BCUT2D eigenvalue weighted by molar-refractivity contribution is 6.06. The van der Waals surface area contributed by atoms with Crippen LogP contribution < -0.4 is 9.47 Å². The van der Waals surface area contributed by atoms with Crippen LogP contribution in [0.2, 0.25) is 0 Å². The van der Waals surface area contributed by atoms with Crippen molar-refractivity contribution in [1.82, 2.24) is 0 Å². The van der Waals surface area contributed by atoms with Crippen LogP contribution in [0.25, 0.3) is 6.08 Å². The number of hydrogen-bond acceptors (Lipinski definition) is 4. The number of carbonyl (C=O) groups excluding carboxylic acids is 1. The summed E-state index contributed by atoms with van der Waals surface area (Å²) in [7, 11) is 1.46. The van der Waals surface area contributed by atoms with Crippen LogP contribution in [0.4, 0.5) is 4.39 Å². The number of methoxy groups -OCH3 is 1. The van der Waals surface area contributed by atoms with Crippen LogP contribution in [0.5, 0.6) is 11.5 Å². The summed E-state index contributed by atoms with van der Waals surface area (Å²) in [5, 5.41) is 8.62. The summed E-state index contributed by atoms with van der Waals surface area (Å²) in [5.74, 6) is -0.901. The van der Waals surface area contributed by atoms with Gasteiger partial charge in [-0.05, 0) is 35.9 Å². The second-order valence-electron chi connectivity index (χ2n) is 5.11. The quantitative estimate of drug-likeness (QED) is 0.585. The molecule has 0 aromatic heterocycles. The number of rotatable bonds is 8. The molecule has 25 heavy (non-hydrogen) atoms. The lowest BCUT2D eigenvalue weighted by Crippen LogP contribution is -2.05. The zero-order valence-electron chi connectivity index (χ0n) is 13.6. The number of aliphatic carboxylic acids is 1. The second-order valence-corrected chi connectivity index (χ2v) is 5.11. The number of carboxylic acids is 1. The summed E-state index contributed by atoms with van der Waals surface area (Å²) in [6.45, 7) is 0.0267. The van der Waals surface area contributed by atoms with Gasteiger partial charge in [0, 0.05) is 5.56 Å². The Labute approximate surface area is 144 Å². The van der Waals surface area contributed by atoms with Crippen LogP contribution in [0.1, 0.15) is 22.3 Å². The van der Waals surface area contributed by atoms with E-state index in [4.69, 9.17) is 14.6 Å². The van der Waals surface area contributed by atoms with Crippen LogP contribution in [-0.2, 0) is 4.79 Å². The van der Waals surface area contributed by atoms with Gasteiger partial charge < -0.3 is 14.6 Å². The Hall–Kier alpha value is -3.15. The SMILES string of the molecule is COc1cc(C=CC(=O)c2cccc(F)c2)ccc1OCCC(=O)O. The first-order valence-electron chi connectivity index (χ1n) is 7.50. The number of hydrogen-bond donors (Lipinski definition) is 1. The fourth-order valence-electron chi connectivity index (χ4n) is 2.07. The molecule has 0 bridgehead atoms. The van der Waals surface area contributed by atoms with Gasteiger partial charge in [0.05, 0.1) is 20.1 Å². The van der Waals surface area contributed by atoms with E-state index < -0.39 is 11.8 Å². The Morgan fingerprint density at radius 1 is 1.16 bits per heavy atom. The minimum atomic E-state index is -0.950. The number of halogens is 1. The molecule has 0 aliphatic rings. The van der Waals surface area contributed by atoms with Gasteiger partial charge in [0.25, 0.3) is 0 Å². The van der Waals surface area contributed by atoms with Crippen molar-refractivity contribution in [2.75, 3.05) is 13.7 Å². The maximum absolute atomic E-state index is 13.1. The van der Waals surface area contributed by atoms with Gasteiger partial charge in [-0.15, -0.1) is 0 Å². The highest BCUT2D eigenvalue weighted by atomic mass is 19.1. The lowest BCUT2D eigenvalue weighted by atomic mass is 10.1. The summed E-state index contributed by atoms with van der Waals surface area (Å²) < 4.78 is 23.7. The van der Waals surface area contributed by atoms with Crippen LogP contribution >= 0.6 is 0 Å². The Morgan fingerprint density at radius 3 is 2.64 bits per heavy atom. The van der Waals surface area contributed by atoms with E-state index in [1.54, 1.807) is 24.3 Å². The molecule has 5 nitrogen and oxygen atoms in total. The van der Waals surface area contributed by atoms with Crippen molar-refractivity contribution < 1.29 is 28.6 Å². The van der Waals surface area contributed by atoms with Gasteiger partial charge in [-0.1, -0.05) is 24.3 Å². The zero-order valence-corrected chi connectivity index (χ0v) is 13.6. The lowest BCUT2D eigenvalue weighted by Gasteiger charge is -2.10. The zero-order chi connectivity index (χ0) is 18.2. The summed E-state index contributed by atoms with van der Waals surface area (Å²) in [5.41, 5.74) is 0.948. The Balaban J connectivity index is 2.09. The molecule has 0 aliphatic carbocycles. The minimum absolute atomic E-state index is 0.0267. The summed E-state index contributed by atoms with van der Waals surface area (Å²) in [4.78, 5) is 22.5. The Kier molecular flexibility index (Phi) is 6.28. The number of ether oxygens (including phenoxy) is 2. The molecular weight excluding hydrogens is 327 g/mol. The van der Waals surface area contributed by atoms with Crippen molar-refractivity contribution in [1.29, 1.82) is 0 Å². The van der Waals surface area contributed by atoms with Crippen molar-refractivity contribution in [2.24, 2.45) is 0 Å². The Morgan fingerprint density at radius 2 is 1.96 bits per heavy atom. The molecule has 0 radical (unpaired) electrons. The molecule has 2 aromatic rings. The summed E-state index contributed by atoms with van der Waals surface area (Å²) in [6, 6.07) is 10.5. The highest BCUT2D eigenvalue weighted by Crippen LogP contribution is 2.28. The Bertz CT molecular complexity index is 798. The van der Waals surface area contributed by atoms with E-state index in [1.807, 2.05) is 0 Å². The van der Waals surface area contributed by atoms with Crippen molar-refractivity contribution in [2.45, 2.75) is 6.42 Å². The van der Waals surface area contributed by atoms with E-state index >= 15 is 0 Å². The molecule has 0 atom stereocenters. The monoisotopic (exact) mass is 344 g/mol. The average molecular weight is 344 g/mol. The molecule has 0 saturated heterocycles. The van der Waals surface area contributed by atoms with Gasteiger partial charge in [-0.3, -0.25) is 9.59 Å². The molecule has 2 aromatic carbocycles. The van der Waals surface area contributed by atoms with Crippen LogP contribution in [0, 0.1) is 5.82 Å². The third-order valence-corrected chi connectivity index (χ3v) is 3.30. The van der Waals surface area contributed by atoms with Crippen molar-refractivity contribution in [3.63, 3.8) is 0 Å². The van der Waals surface area contributed by atoms with Crippen LogP contribution in [0.3, 0.4) is 0 Å². The number of allylic oxidation sites excluding steroid dienone is 1. The third-order valence-electron chi connectivity index (χ3n) is 3.30. The fourth-order valence-corrected chi connectivity index (χ4v) is 2.07. The largest absolute Gasteiger partial charge is 0.493 e. The van der Waals surface area contributed by atoms with E-state index in [0.29, 0.717) is 17.1 Å². The molecule has 0 fully saturated rings. The maximum atomic E-state index is 13.1. The van der Waals surface area contributed by atoms with E-state index in [9.17, 15) is 14.0 Å². The normalized spacial score (nSPS) is 10.6. The third kappa shape index (κ3) is 5.46. The second kappa shape index (κ2) is 8.63. The first-order chi connectivity index (χ1) is 12.0. The van der Waals surface area contributed by atoms with Crippen LogP contribution in [0.15, 0.2) is 48.5 Å². The standard InChI is InChI=1S/C19H17FO5/c1-24-18-11-13(6-8-17(18)25-10-9-19(22)23)5-7-16(21)14-3-2-4-15(20)12-14/h2-8,11-12H,9-10H2,1H3,(H,22,23). The van der Waals surface area contributed by atoms with Gasteiger partial charge >= 0.3 is 5.97 Å². The smallest absolute Gasteiger partial charge is 0.306 e. The highest BCUT2D eigenvalue weighted by Gasteiger charge is 2.07. The van der Waals surface area contributed by atoms with Gasteiger partial charge in [-0.25, -0.2) is 4.39 Å². The predicted octanol–water partition coefficient (Wildman–Crippen LogP) is 3.58. The molecule has 0 unspecified atom stereocenters. The molecular formula is C19H17FO5. The predicted molar refractivity (Wildman–Crippen MR) is 90.5 cm³/mol. The van der Waals surface area contributed by atoms with Crippen molar-refractivity contribution in [3.8, 4) is 11.5 Å². The molecule has 0 saturated carbocycles. The molecule has 0 heterocycles. The maximum Gasteiger partial charge on any atom is 0.306 e. The van der Waals surface area contributed by atoms with Gasteiger partial charge in [0.2, 0.25) is 0 Å². The molecule has 1 N–H and O–H groups in total. The van der Waals surface area contributed by atoms with Crippen molar-refractivity contribution in [3.05, 3.63) is 65.5 Å². The van der Waals surface area contributed by atoms with Gasteiger partial charge in [0.15, 0.2) is 17.3 Å². The van der Waals surface area contributed by atoms with Crippen LogP contribution in [-0.4, -0.2) is 30.6 Å². The average Bonchev–Trinajstić information content (AvgIpc) is 2.60. The molecule has 2 rings (SSSR count). The van der Waals surface area contributed by atoms with E-state index in [1.165, 1.54) is 37.5 Å². The summed E-state index contributed by atoms with van der Waals surface area (Å²) >= 11 is 0. The number of carboxylic acid groups (broad SMARTS) is 1. The van der Waals surface area contributed by atoms with Gasteiger partial charge in [0.1, 0.15) is 5.82 Å². The fraction of sp³-hybridized carbons (Fsp3) is 0.158. The van der Waals surface area contributed by atoms with E-state index in [0.717, 1.165) is 0 Å². The molecule has 0 amide bonds. The first kappa shape index (κ1) is 18.2. The topological polar surface area (TPSA) is 72.8 Å². The number of carbonyl (C=O) groups is 2. The number of benzene rings is 2. The molecule has 130 valence electrons. The number of ketones is 1. The molecule has 6 heteroatoms. The van der Waals surface area contributed by atoms with E-state index in [2.05, 4.69) is 0 Å². The van der Waals surface area contributed by atoms with Gasteiger partial charge in [-0.2, -0.15) is 0 Å². The van der Waals surface area contributed by atoms with Crippen molar-refractivity contribution >= 4 is 17.8 Å². The summed E-state index contributed by atoms with van der Waals surface area (Å²) in [6.07, 6.45) is 2.80. The first-order valence-corrected chi connectivity index (χ1v) is 7.50. The lowest BCUT2D eigenvalue weighted by molar-refractivity contribution is -0.137. The minimum Gasteiger partial charge on any atom is -0.493 e. The van der Waals surface area contributed by atoms with E-state index in [-0.39, 0.29) is 24.4 Å².